The average Bonchev–Trinajstić information content (AvgIpc) is 3.28. The summed E-state index contributed by atoms with van der Waals surface area (Å²) < 4.78 is 21.9. The molecule has 31 heavy (non-hydrogen) atoms. The lowest BCUT2D eigenvalue weighted by molar-refractivity contribution is 0.0427. The van der Waals surface area contributed by atoms with Gasteiger partial charge in [-0.1, -0.05) is 29.4 Å². The predicted octanol–water partition coefficient (Wildman–Crippen LogP) is 4.68. The third-order valence-electron chi connectivity index (χ3n) is 4.19. The second-order valence-electron chi connectivity index (χ2n) is 6.30. The summed E-state index contributed by atoms with van der Waals surface area (Å²) in [4.78, 5) is 20.9. The van der Waals surface area contributed by atoms with Gasteiger partial charge in [0.15, 0.2) is 6.61 Å². The zero-order valence-electron chi connectivity index (χ0n) is 16.7. The molecule has 2 aromatic heterocycles. The summed E-state index contributed by atoms with van der Waals surface area (Å²) in [7, 11) is 0. The van der Waals surface area contributed by atoms with Crippen molar-refractivity contribution in [2.45, 2.75) is 13.5 Å². The normalized spacial score (nSPS) is 10.5. The summed E-state index contributed by atoms with van der Waals surface area (Å²) in [5.74, 6) is 1.47. The fourth-order valence-electron chi connectivity index (χ4n) is 2.82. The molecule has 8 heteroatoms. The number of para-hydroxylation sites is 2. The number of rotatable bonds is 8. The highest BCUT2D eigenvalue weighted by Crippen LogP contribution is 2.28. The Bertz CT molecular complexity index is 1160. The van der Waals surface area contributed by atoms with Crippen LogP contribution in [0.4, 0.5) is 0 Å². The molecule has 0 saturated carbocycles. The van der Waals surface area contributed by atoms with Crippen molar-refractivity contribution in [2.75, 3.05) is 6.61 Å². The van der Waals surface area contributed by atoms with Crippen molar-refractivity contribution in [3.8, 4) is 28.6 Å². The van der Waals surface area contributed by atoms with Gasteiger partial charge in [0.1, 0.15) is 22.8 Å². The molecule has 0 N–H and O–H groups in total. The van der Waals surface area contributed by atoms with Gasteiger partial charge in [-0.3, -0.25) is 4.98 Å². The fourth-order valence-corrected chi connectivity index (χ4v) is 2.82. The van der Waals surface area contributed by atoms with Crippen LogP contribution in [0.1, 0.15) is 23.2 Å². The minimum absolute atomic E-state index is 0.167. The van der Waals surface area contributed by atoms with Crippen LogP contribution >= 0.6 is 0 Å². The molecule has 4 aromatic rings. The Balaban J connectivity index is 1.45. The Morgan fingerprint density at radius 3 is 2.61 bits per heavy atom. The maximum Gasteiger partial charge on any atom is 0.342 e. The third kappa shape index (κ3) is 4.87. The Morgan fingerprint density at radius 1 is 1.00 bits per heavy atom. The van der Waals surface area contributed by atoms with Crippen molar-refractivity contribution in [1.82, 2.24) is 15.1 Å². The molecule has 2 heterocycles. The summed E-state index contributed by atoms with van der Waals surface area (Å²) >= 11 is 0. The van der Waals surface area contributed by atoms with Crippen LogP contribution in [0.25, 0.3) is 11.4 Å². The van der Waals surface area contributed by atoms with Crippen LogP contribution in [0.2, 0.25) is 0 Å². The summed E-state index contributed by atoms with van der Waals surface area (Å²) in [5, 5.41) is 3.96. The minimum Gasteiger partial charge on any atom is -0.493 e. The molecule has 0 fully saturated rings. The molecule has 0 saturated heterocycles. The molecule has 0 atom stereocenters. The van der Waals surface area contributed by atoms with Crippen LogP contribution in [0.5, 0.6) is 17.2 Å². The average molecular weight is 417 g/mol. The highest BCUT2D eigenvalue weighted by Gasteiger charge is 2.18. The van der Waals surface area contributed by atoms with E-state index in [4.69, 9.17) is 18.7 Å². The second-order valence-corrected chi connectivity index (χ2v) is 6.30. The number of aromatic nitrogens is 3. The molecule has 2 aromatic carbocycles. The van der Waals surface area contributed by atoms with Gasteiger partial charge in [-0.15, -0.1) is 0 Å². The van der Waals surface area contributed by atoms with Gasteiger partial charge in [-0.25, -0.2) is 4.79 Å². The van der Waals surface area contributed by atoms with E-state index in [2.05, 4.69) is 15.1 Å². The summed E-state index contributed by atoms with van der Waals surface area (Å²) in [5.41, 5.74) is 0.966. The van der Waals surface area contributed by atoms with Gasteiger partial charge >= 0.3 is 5.97 Å². The molecule has 4 rings (SSSR count). The lowest BCUT2D eigenvalue weighted by Crippen LogP contribution is -2.07. The summed E-state index contributed by atoms with van der Waals surface area (Å²) in [6, 6.07) is 17.7. The van der Waals surface area contributed by atoms with Crippen LogP contribution in [-0.2, 0) is 11.3 Å². The lowest BCUT2D eigenvalue weighted by atomic mass is 10.2. The smallest absolute Gasteiger partial charge is 0.342 e. The molecule has 0 amide bonds. The van der Waals surface area contributed by atoms with E-state index in [0.29, 0.717) is 35.2 Å². The predicted molar refractivity (Wildman–Crippen MR) is 111 cm³/mol. The molecule has 0 spiro atoms. The number of nitrogens with zero attached hydrogens (tertiary/aromatic N) is 3. The van der Waals surface area contributed by atoms with Crippen LogP contribution < -0.4 is 9.47 Å². The molecular weight excluding hydrogens is 398 g/mol. The Labute approximate surface area is 178 Å². The van der Waals surface area contributed by atoms with E-state index in [0.717, 1.165) is 0 Å². The molecule has 8 nitrogen and oxygen atoms in total. The van der Waals surface area contributed by atoms with Gasteiger partial charge < -0.3 is 18.7 Å². The van der Waals surface area contributed by atoms with Gasteiger partial charge in [0.05, 0.1) is 18.4 Å². The quantitative estimate of drug-likeness (QED) is 0.381. The maximum atomic E-state index is 12.6. The van der Waals surface area contributed by atoms with E-state index in [1.54, 1.807) is 48.8 Å². The Hall–Kier alpha value is -4.20. The molecule has 0 radical (unpaired) electrons. The molecular formula is C23H19N3O5. The monoisotopic (exact) mass is 417 g/mol. The number of ether oxygens (including phenoxy) is 3. The number of carbonyl (C=O) groups excluding carboxylic acids is 1. The molecule has 0 bridgehead atoms. The van der Waals surface area contributed by atoms with Crippen LogP contribution in [0.3, 0.4) is 0 Å². The van der Waals surface area contributed by atoms with E-state index >= 15 is 0 Å². The molecule has 0 aliphatic rings. The fraction of sp³-hybridized carbons (Fsp3) is 0.130. The van der Waals surface area contributed by atoms with E-state index in [1.165, 1.54) is 0 Å². The number of pyridine rings is 1. The van der Waals surface area contributed by atoms with Gasteiger partial charge in [0, 0.05) is 6.20 Å². The number of benzene rings is 2. The van der Waals surface area contributed by atoms with Gasteiger partial charge in [-0.2, -0.15) is 4.98 Å². The first kappa shape index (κ1) is 20.1. The minimum atomic E-state index is -0.575. The SMILES string of the molecule is CCOc1ccccc1-c1noc(COC(=O)c2ccccc2Oc2cccnc2)n1. The second kappa shape index (κ2) is 9.53. The molecule has 0 unspecified atom stereocenters. The maximum absolute atomic E-state index is 12.6. The molecule has 0 aliphatic carbocycles. The topological polar surface area (TPSA) is 96.6 Å². The van der Waals surface area contributed by atoms with Gasteiger partial charge in [0.2, 0.25) is 5.82 Å². The number of esters is 1. The van der Waals surface area contributed by atoms with Crippen LogP contribution in [-0.4, -0.2) is 27.7 Å². The van der Waals surface area contributed by atoms with Crippen molar-refractivity contribution in [2.24, 2.45) is 0 Å². The third-order valence-corrected chi connectivity index (χ3v) is 4.19. The van der Waals surface area contributed by atoms with Crippen molar-refractivity contribution in [3.63, 3.8) is 0 Å². The highest BCUT2D eigenvalue weighted by atomic mass is 16.6. The zero-order chi connectivity index (χ0) is 21.5. The van der Waals surface area contributed by atoms with Crippen molar-refractivity contribution in [3.05, 3.63) is 84.5 Å². The van der Waals surface area contributed by atoms with Gasteiger partial charge in [0.25, 0.3) is 5.89 Å². The van der Waals surface area contributed by atoms with Crippen LogP contribution in [0, 0.1) is 0 Å². The summed E-state index contributed by atoms with van der Waals surface area (Å²) in [6.07, 6.45) is 3.20. The van der Waals surface area contributed by atoms with E-state index < -0.39 is 5.97 Å². The lowest BCUT2D eigenvalue weighted by Gasteiger charge is -2.09. The van der Waals surface area contributed by atoms with Crippen LogP contribution in [0.15, 0.2) is 77.6 Å². The van der Waals surface area contributed by atoms with E-state index in [1.807, 2.05) is 31.2 Å². The van der Waals surface area contributed by atoms with Gasteiger partial charge in [-0.05, 0) is 43.3 Å². The van der Waals surface area contributed by atoms with E-state index in [-0.39, 0.29) is 18.1 Å². The standard InChI is InChI=1S/C23H19N3O5/c1-2-28-19-11-5-3-9-17(19)22-25-21(31-26-22)15-29-23(27)18-10-4-6-12-20(18)30-16-8-7-13-24-14-16/h3-14H,2,15H2,1H3. The Morgan fingerprint density at radius 2 is 1.81 bits per heavy atom. The number of hydrogen-bond acceptors (Lipinski definition) is 8. The highest BCUT2D eigenvalue weighted by molar-refractivity contribution is 5.92. The number of hydrogen-bond donors (Lipinski definition) is 0. The number of carbonyl (C=O) groups is 1. The van der Waals surface area contributed by atoms with Crippen molar-refractivity contribution >= 4 is 5.97 Å². The molecule has 0 aliphatic heterocycles. The first-order valence-corrected chi connectivity index (χ1v) is 9.63. The first-order chi connectivity index (χ1) is 15.2. The largest absolute Gasteiger partial charge is 0.493 e. The van der Waals surface area contributed by atoms with E-state index in [9.17, 15) is 4.79 Å². The molecule has 156 valence electrons. The Kier molecular flexibility index (Phi) is 6.18. The van der Waals surface area contributed by atoms with Crippen molar-refractivity contribution < 1.29 is 23.5 Å². The zero-order valence-corrected chi connectivity index (χ0v) is 16.7. The summed E-state index contributed by atoms with van der Waals surface area (Å²) in [6.45, 7) is 2.23. The van der Waals surface area contributed by atoms with Crippen molar-refractivity contribution in [1.29, 1.82) is 0 Å². The first-order valence-electron chi connectivity index (χ1n) is 9.63.